The highest BCUT2D eigenvalue weighted by Gasteiger charge is 2.33. The van der Waals surface area contributed by atoms with Crippen LogP contribution in [0.5, 0.6) is 5.75 Å². The summed E-state index contributed by atoms with van der Waals surface area (Å²) in [6.45, 7) is 6.35. The monoisotopic (exact) mass is 383 g/mol. The molecule has 0 fully saturated rings. The lowest BCUT2D eigenvalue weighted by atomic mass is 10.1. The van der Waals surface area contributed by atoms with E-state index in [9.17, 15) is 13.2 Å². The average Bonchev–Trinajstić information content (AvgIpc) is 2.65. The van der Waals surface area contributed by atoms with Crippen LogP contribution >= 0.6 is 0 Å². The predicted octanol–water partition coefficient (Wildman–Crippen LogP) is 3.41. The minimum Gasteiger partial charge on any atom is -0.493 e. The molecule has 0 aliphatic carbocycles. The molecular weight excluding hydrogens is 366 g/mol. The van der Waals surface area contributed by atoms with Crippen LogP contribution in [0.2, 0.25) is 0 Å². The number of hydrogen-bond acceptors (Lipinski definition) is 5. The Morgan fingerprint density at radius 2 is 1.96 bits per heavy atom. The summed E-state index contributed by atoms with van der Waals surface area (Å²) >= 11 is 0. The van der Waals surface area contributed by atoms with Gasteiger partial charge in [0.1, 0.15) is 11.3 Å². The van der Waals surface area contributed by atoms with Crippen molar-refractivity contribution in [3.63, 3.8) is 0 Å². The second kappa shape index (κ2) is 6.28. The van der Waals surface area contributed by atoms with E-state index in [1.165, 1.54) is 10.4 Å². The molecule has 0 N–H and O–H groups in total. The zero-order valence-electron chi connectivity index (χ0n) is 14.6. The average molecular weight is 383 g/mol. The van der Waals surface area contributed by atoms with E-state index in [1.807, 2.05) is 0 Å². The van der Waals surface area contributed by atoms with E-state index in [4.69, 9.17) is 9.15 Å². The maximum Gasteiger partial charge on any atom is 0.339 e. The summed E-state index contributed by atoms with van der Waals surface area (Å²) < 4.78 is 38.3. The molecule has 0 atom stereocenters. The van der Waals surface area contributed by atoms with Crippen molar-refractivity contribution < 1.29 is 17.6 Å². The Balaban J connectivity index is 1.90. The largest absolute Gasteiger partial charge is 0.493 e. The number of hydrogen-bond donors (Lipinski definition) is 0. The third-order valence-electron chi connectivity index (χ3n) is 4.45. The molecule has 27 heavy (non-hydrogen) atoms. The SMILES string of the molecule is C=C1CN(c2ccc3oc(=O)cc(OCC)c3c2)S(=O)(=O)c2ccccc21. The maximum atomic E-state index is 13.1. The number of anilines is 1. The molecule has 0 spiro atoms. The highest BCUT2D eigenvalue weighted by molar-refractivity contribution is 7.93. The van der Waals surface area contributed by atoms with Crippen LogP contribution in [0.3, 0.4) is 0 Å². The first-order chi connectivity index (χ1) is 12.9. The van der Waals surface area contributed by atoms with Gasteiger partial charge in [-0.3, -0.25) is 4.31 Å². The fourth-order valence-corrected chi connectivity index (χ4v) is 4.92. The molecular formula is C20H17NO5S. The predicted molar refractivity (Wildman–Crippen MR) is 104 cm³/mol. The topological polar surface area (TPSA) is 76.8 Å². The number of ether oxygens (including phenoxy) is 1. The highest BCUT2D eigenvalue weighted by Crippen LogP contribution is 2.37. The minimum absolute atomic E-state index is 0.144. The van der Waals surface area contributed by atoms with E-state index >= 15 is 0 Å². The Bertz CT molecular complexity index is 1230. The summed E-state index contributed by atoms with van der Waals surface area (Å²) in [6, 6.07) is 12.9. The van der Waals surface area contributed by atoms with E-state index in [-0.39, 0.29) is 11.4 Å². The molecule has 0 radical (unpaired) electrons. The van der Waals surface area contributed by atoms with Gasteiger partial charge in [0.2, 0.25) is 0 Å². The first kappa shape index (κ1) is 17.4. The van der Waals surface area contributed by atoms with Crippen molar-refractivity contribution in [3.05, 3.63) is 71.1 Å². The molecule has 2 heterocycles. The van der Waals surface area contributed by atoms with Crippen LogP contribution in [0.15, 0.2) is 69.2 Å². The molecule has 2 aromatic carbocycles. The zero-order valence-corrected chi connectivity index (χ0v) is 15.5. The lowest BCUT2D eigenvalue weighted by Gasteiger charge is -2.31. The van der Waals surface area contributed by atoms with Crippen molar-refractivity contribution in [1.29, 1.82) is 0 Å². The summed E-state index contributed by atoms with van der Waals surface area (Å²) in [5.74, 6) is 0.360. The number of sulfonamides is 1. The van der Waals surface area contributed by atoms with E-state index in [0.717, 1.165) is 0 Å². The van der Waals surface area contributed by atoms with Gasteiger partial charge in [0.15, 0.2) is 0 Å². The van der Waals surface area contributed by atoms with E-state index in [1.54, 1.807) is 49.4 Å². The van der Waals surface area contributed by atoms with Gasteiger partial charge in [-0.1, -0.05) is 24.8 Å². The minimum atomic E-state index is -3.73. The van der Waals surface area contributed by atoms with Gasteiger partial charge >= 0.3 is 5.63 Å². The van der Waals surface area contributed by atoms with Gasteiger partial charge in [0.05, 0.1) is 35.2 Å². The summed E-state index contributed by atoms with van der Waals surface area (Å²) in [5, 5.41) is 0.536. The molecule has 1 aliphatic rings. The van der Waals surface area contributed by atoms with Gasteiger partial charge in [-0.2, -0.15) is 0 Å². The third kappa shape index (κ3) is 2.80. The van der Waals surface area contributed by atoms with Gasteiger partial charge in [-0.05, 0) is 42.3 Å². The number of nitrogens with zero attached hydrogens (tertiary/aromatic N) is 1. The van der Waals surface area contributed by atoms with Gasteiger partial charge in [0.25, 0.3) is 10.0 Å². The molecule has 4 rings (SSSR count). The van der Waals surface area contributed by atoms with Crippen molar-refractivity contribution in [3.8, 4) is 5.75 Å². The lowest BCUT2D eigenvalue weighted by Crippen LogP contribution is -2.36. The molecule has 0 saturated heterocycles. The van der Waals surface area contributed by atoms with Crippen molar-refractivity contribution in [2.24, 2.45) is 0 Å². The summed E-state index contributed by atoms with van der Waals surface area (Å²) in [4.78, 5) is 11.9. The Kier molecular flexibility index (Phi) is 4.04. The van der Waals surface area contributed by atoms with E-state index in [2.05, 4.69) is 6.58 Å². The van der Waals surface area contributed by atoms with Crippen molar-refractivity contribution in [2.45, 2.75) is 11.8 Å². The summed E-state index contributed by atoms with van der Waals surface area (Å²) in [7, 11) is -3.73. The van der Waals surface area contributed by atoms with Crippen LogP contribution in [0.1, 0.15) is 12.5 Å². The second-order valence-electron chi connectivity index (χ2n) is 6.15. The van der Waals surface area contributed by atoms with Crippen molar-refractivity contribution in [2.75, 3.05) is 17.5 Å². The molecule has 0 saturated carbocycles. The van der Waals surface area contributed by atoms with Crippen molar-refractivity contribution >= 4 is 32.3 Å². The Morgan fingerprint density at radius 1 is 1.19 bits per heavy atom. The van der Waals surface area contributed by atoms with E-state index in [0.29, 0.717) is 40.1 Å². The normalized spacial score (nSPS) is 15.6. The zero-order chi connectivity index (χ0) is 19.2. The fourth-order valence-electron chi connectivity index (χ4n) is 3.23. The molecule has 1 aliphatic heterocycles. The number of fused-ring (bicyclic) bond motifs is 2. The van der Waals surface area contributed by atoms with E-state index < -0.39 is 15.6 Å². The maximum absolute atomic E-state index is 13.1. The first-order valence-corrected chi connectivity index (χ1v) is 9.86. The second-order valence-corrected chi connectivity index (χ2v) is 7.99. The third-order valence-corrected chi connectivity index (χ3v) is 6.28. The molecule has 6 nitrogen and oxygen atoms in total. The molecule has 138 valence electrons. The number of rotatable bonds is 3. The standard InChI is InChI=1S/C20H17NO5S/c1-3-25-18-11-20(22)26-17-9-8-14(10-16(17)18)21-12-13(2)15-6-4-5-7-19(15)27(21,23)24/h4-11H,2-3,12H2,1H3. The van der Waals surface area contributed by atoms with Crippen LogP contribution in [0, 0.1) is 0 Å². The Morgan fingerprint density at radius 3 is 2.74 bits per heavy atom. The molecule has 7 heteroatoms. The van der Waals surface area contributed by atoms with Crippen LogP contribution in [0.25, 0.3) is 16.5 Å². The molecule has 0 amide bonds. The van der Waals surface area contributed by atoms with Gasteiger partial charge < -0.3 is 9.15 Å². The number of benzene rings is 2. The van der Waals surface area contributed by atoms with Crippen LogP contribution < -0.4 is 14.7 Å². The summed E-state index contributed by atoms with van der Waals surface area (Å²) in [5.41, 5.74) is 1.61. The Labute approximate surface area is 156 Å². The van der Waals surface area contributed by atoms with Gasteiger partial charge in [0, 0.05) is 0 Å². The molecule has 0 bridgehead atoms. The van der Waals surface area contributed by atoms with Crippen LogP contribution in [-0.4, -0.2) is 21.6 Å². The Hall–Kier alpha value is -3.06. The highest BCUT2D eigenvalue weighted by atomic mass is 32.2. The van der Waals surface area contributed by atoms with Gasteiger partial charge in [-0.25, -0.2) is 13.2 Å². The molecule has 3 aromatic rings. The smallest absolute Gasteiger partial charge is 0.339 e. The first-order valence-electron chi connectivity index (χ1n) is 8.42. The van der Waals surface area contributed by atoms with Crippen molar-refractivity contribution in [1.82, 2.24) is 0 Å². The lowest BCUT2D eigenvalue weighted by molar-refractivity contribution is 0.341. The summed E-state index contributed by atoms with van der Waals surface area (Å²) in [6.07, 6.45) is 0. The van der Waals surface area contributed by atoms with Gasteiger partial charge in [-0.15, -0.1) is 0 Å². The fraction of sp³-hybridized carbons (Fsp3) is 0.150. The molecule has 0 unspecified atom stereocenters. The quantitative estimate of drug-likeness (QED) is 0.648. The van der Waals surface area contributed by atoms with Crippen LogP contribution in [0.4, 0.5) is 5.69 Å². The van der Waals surface area contributed by atoms with Crippen LogP contribution in [-0.2, 0) is 10.0 Å². The molecule has 1 aromatic heterocycles.